The zero-order valence-electron chi connectivity index (χ0n) is 7.17. The Morgan fingerprint density at radius 2 is 2.43 bits per heavy atom. The molecule has 1 aliphatic heterocycles. The van der Waals surface area contributed by atoms with Gasteiger partial charge in [0.15, 0.2) is 16.5 Å². The molecule has 72 valence electrons. The number of anilines is 1. The number of ether oxygens (including phenoxy) is 1. The van der Waals surface area contributed by atoms with Crippen molar-refractivity contribution in [3.63, 3.8) is 0 Å². The molecule has 6 heteroatoms. The lowest BCUT2D eigenvalue weighted by molar-refractivity contribution is 0.323. The van der Waals surface area contributed by atoms with E-state index in [2.05, 4.69) is 20.3 Å². The number of H-pyrrole nitrogens is 1. The van der Waals surface area contributed by atoms with Crippen molar-refractivity contribution in [1.29, 1.82) is 0 Å². The number of fused-ring (bicyclic) bond motifs is 3. The van der Waals surface area contributed by atoms with E-state index in [4.69, 9.17) is 16.3 Å². The van der Waals surface area contributed by atoms with E-state index in [0.717, 1.165) is 17.7 Å². The number of halogens is 1. The van der Waals surface area contributed by atoms with Crippen LogP contribution in [0.2, 0.25) is 5.15 Å². The van der Waals surface area contributed by atoms with E-state index in [0.29, 0.717) is 23.2 Å². The highest BCUT2D eigenvalue weighted by Gasteiger charge is 2.19. The predicted molar refractivity (Wildman–Crippen MR) is 52.9 cm³/mol. The molecule has 0 fully saturated rings. The Morgan fingerprint density at radius 1 is 1.50 bits per heavy atom. The first-order chi connectivity index (χ1) is 6.86. The van der Waals surface area contributed by atoms with Crippen molar-refractivity contribution in [2.45, 2.75) is 0 Å². The molecule has 2 aromatic heterocycles. The number of hydrogen-bond donors (Lipinski definition) is 2. The van der Waals surface area contributed by atoms with E-state index in [1.165, 1.54) is 0 Å². The summed E-state index contributed by atoms with van der Waals surface area (Å²) in [5.74, 6) is 0.606. The minimum atomic E-state index is 0.354. The lowest BCUT2D eigenvalue weighted by Gasteiger charge is -2.19. The van der Waals surface area contributed by atoms with Crippen LogP contribution < -0.4 is 10.1 Å². The smallest absolute Gasteiger partial charge is 0.182 e. The molecule has 3 rings (SSSR count). The van der Waals surface area contributed by atoms with Crippen LogP contribution in [0.3, 0.4) is 0 Å². The number of pyridine rings is 1. The molecular weight excluding hydrogens is 204 g/mol. The van der Waals surface area contributed by atoms with Gasteiger partial charge in [-0.1, -0.05) is 11.6 Å². The standard InChI is InChI=1S/C8H7ClN4O/c9-7-6-4(10-1-2-14-6)5-8(13-7)12-3-11-5/h3,10H,1-2H2,(H,11,12,13). The predicted octanol–water partition coefficient (Wildman–Crippen LogP) is 1.42. The fourth-order valence-corrected chi connectivity index (χ4v) is 1.77. The second kappa shape index (κ2) is 2.75. The Labute approximate surface area is 84.5 Å². The molecule has 0 aliphatic carbocycles. The summed E-state index contributed by atoms with van der Waals surface area (Å²) in [5, 5.41) is 3.57. The summed E-state index contributed by atoms with van der Waals surface area (Å²) in [7, 11) is 0. The number of nitrogens with zero attached hydrogens (tertiary/aromatic N) is 2. The van der Waals surface area contributed by atoms with Gasteiger partial charge in [0.2, 0.25) is 0 Å². The molecule has 2 aromatic rings. The van der Waals surface area contributed by atoms with Gasteiger partial charge in [-0.25, -0.2) is 9.97 Å². The third kappa shape index (κ3) is 0.957. The molecular formula is C8H7ClN4O. The van der Waals surface area contributed by atoms with Gasteiger partial charge in [0.1, 0.15) is 17.8 Å². The first-order valence-electron chi connectivity index (χ1n) is 4.25. The fourth-order valence-electron chi connectivity index (χ4n) is 1.55. The van der Waals surface area contributed by atoms with Crippen LogP contribution >= 0.6 is 11.6 Å². The molecule has 14 heavy (non-hydrogen) atoms. The van der Waals surface area contributed by atoms with Crippen LogP contribution in [0.25, 0.3) is 11.2 Å². The van der Waals surface area contributed by atoms with Crippen molar-refractivity contribution in [2.24, 2.45) is 0 Å². The Bertz CT molecular complexity index is 495. The Kier molecular flexibility index (Phi) is 1.55. The van der Waals surface area contributed by atoms with E-state index in [9.17, 15) is 0 Å². The van der Waals surface area contributed by atoms with Crippen molar-refractivity contribution in [3.8, 4) is 5.75 Å². The van der Waals surface area contributed by atoms with E-state index < -0.39 is 0 Å². The number of rotatable bonds is 0. The summed E-state index contributed by atoms with van der Waals surface area (Å²) in [6.45, 7) is 1.37. The molecule has 0 saturated carbocycles. The number of aromatic nitrogens is 3. The molecule has 0 radical (unpaired) electrons. The largest absolute Gasteiger partial charge is 0.486 e. The van der Waals surface area contributed by atoms with Gasteiger partial charge in [0, 0.05) is 6.54 Å². The summed E-state index contributed by atoms with van der Waals surface area (Å²) >= 11 is 5.95. The van der Waals surface area contributed by atoms with Crippen molar-refractivity contribution >= 4 is 28.5 Å². The number of hydrogen-bond acceptors (Lipinski definition) is 4. The first-order valence-corrected chi connectivity index (χ1v) is 4.63. The lowest BCUT2D eigenvalue weighted by atomic mass is 10.3. The van der Waals surface area contributed by atoms with Crippen LogP contribution in [0.1, 0.15) is 0 Å². The first kappa shape index (κ1) is 7.87. The zero-order chi connectivity index (χ0) is 9.54. The van der Waals surface area contributed by atoms with Crippen LogP contribution in [0.15, 0.2) is 6.33 Å². The molecule has 2 N–H and O–H groups in total. The van der Waals surface area contributed by atoms with Crippen molar-refractivity contribution < 1.29 is 4.74 Å². The average Bonchev–Trinajstić information content (AvgIpc) is 2.66. The van der Waals surface area contributed by atoms with Crippen LogP contribution in [0.4, 0.5) is 5.69 Å². The molecule has 0 bridgehead atoms. The van der Waals surface area contributed by atoms with Crippen LogP contribution in [0, 0.1) is 0 Å². The quantitative estimate of drug-likeness (QED) is 0.646. The Morgan fingerprint density at radius 3 is 3.36 bits per heavy atom. The summed E-state index contributed by atoms with van der Waals surface area (Å²) in [4.78, 5) is 11.1. The highest BCUT2D eigenvalue weighted by molar-refractivity contribution is 6.32. The minimum absolute atomic E-state index is 0.354. The van der Waals surface area contributed by atoms with E-state index in [1.54, 1.807) is 6.33 Å². The average molecular weight is 211 g/mol. The van der Waals surface area contributed by atoms with Crippen LogP contribution in [-0.2, 0) is 0 Å². The fraction of sp³-hybridized carbons (Fsp3) is 0.250. The molecule has 0 unspecified atom stereocenters. The third-order valence-corrected chi connectivity index (χ3v) is 2.39. The van der Waals surface area contributed by atoms with E-state index in [1.807, 2.05) is 0 Å². The van der Waals surface area contributed by atoms with Gasteiger partial charge in [-0.3, -0.25) is 0 Å². The molecule has 0 atom stereocenters. The van der Waals surface area contributed by atoms with Gasteiger partial charge in [0.25, 0.3) is 0 Å². The van der Waals surface area contributed by atoms with Crippen LogP contribution in [-0.4, -0.2) is 28.1 Å². The normalized spacial score (nSPS) is 14.6. The highest BCUT2D eigenvalue weighted by atomic mass is 35.5. The second-order valence-electron chi connectivity index (χ2n) is 2.98. The van der Waals surface area contributed by atoms with Gasteiger partial charge in [-0.15, -0.1) is 0 Å². The SMILES string of the molecule is Clc1nc2nc[nH]c2c2c1OCCN2. The number of nitrogens with one attached hydrogen (secondary N) is 2. The van der Waals surface area contributed by atoms with Crippen LogP contribution in [0.5, 0.6) is 5.75 Å². The Balaban J connectivity index is 2.39. The topological polar surface area (TPSA) is 62.8 Å². The summed E-state index contributed by atoms with van der Waals surface area (Å²) < 4.78 is 5.43. The maximum atomic E-state index is 5.95. The van der Waals surface area contributed by atoms with Gasteiger partial charge >= 0.3 is 0 Å². The molecule has 3 heterocycles. The van der Waals surface area contributed by atoms with E-state index >= 15 is 0 Å². The van der Waals surface area contributed by atoms with Crippen molar-refractivity contribution in [1.82, 2.24) is 15.0 Å². The number of aromatic amines is 1. The van der Waals surface area contributed by atoms with Gasteiger partial charge in [-0.2, -0.15) is 0 Å². The summed E-state index contributed by atoms with van der Waals surface area (Å²) in [6.07, 6.45) is 1.59. The molecule has 0 aromatic carbocycles. The molecule has 5 nitrogen and oxygen atoms in total. The van der Waals surface area contributed by atoms with Crippen molar-refractivity contribution in [3.05, 3.63) is 11.5 Å². The summed E-state index contributed by atoms with van der Waals surface area (Å²) in [5.41, 5.74) is 2.29. The lowest BCUT2D eigenvalue weighted by Crippen LogP contribution is -2.19. The number of imidazole rings is 1. The molecule has 0 amide bonds. The molecule has 1 aliphatic rings. The van der Waals surface area contributed by atoms with Gasteiger partial charge in [0.05, 0.1) is 6.33 Å². The maximum Gasteiger partial charge on any atom is 0.182 e. The summed E-state index contributed by atoms with van der Waals surface area (Å²) in [6, 6.07) is 0. The Hall–Kier alpha value is -1.49. The van der Waals surface area contributed by atoms with Gasteiger partial charge in [-0.05, 0) is 0 Å². The van der Waals surface area contributed by atoms with Gasteiger partial charge < -0.3 is 15.0 Å². The second-order valence-corrected chi connectivity index (χ2v) is 3.34. The van der Waals surface area contributed by atoms with Crippen molar-refractivity contribution in [2.75, 3.05) is 18.5 Å². The monoisotopic (exact) mass is 210 g/mol. The molecule has 0 spiro atoms. The minimum Gasteiger partial charge on any atom is -0.486 e. The third-order valence-electron chi connectivity index (χ3n) is 2.14. The highest BCUT2D eigenvalue weighted by Crippen LogP contribution is 2.37. The molecule has 0 saturated heterocycles. The van der Waals surface area contributed by atoms with E-state index in [-0.39, 0.29) is 0 Å². The maximum absolute atomic E-state index is 5.95. The zero-order valence-corrected chi connectivity index (χ0v) is 7.93.